The molecule has 1 atom stereocenters. The molecule has 0 bridgehead atoms. The second kappa shape index (κ2) is 6.79. The van der Waals surface area contributed by atoms with Crippen molar-refractivity contribution in [2.45, 2.75) is 5.25 Å². The smallest absolute Gasteiger partial charge is 0.259 e. The number of rotatable bonds is 3. The Labute approximate surface area is 147 Å². The third kappa shape index (κ3) is 3.44. The summed E-state index contributed by atoms with van der Waals surface area (Å²) in [6.07, 6.45) is 3.31. The number of nitrogens with zero attached hydrogens (tertiary/aromatic N) is 1. The van der Waals surface area contributed by atoms with E-state index < -0.39 is 5.25 Å². The quantitative estimate of drug-likeness (QED) is 0.497. The second-order valence-corrected chi connectivity index (χ2v) is 6.90. The monoisotopic (exact) mass is 363 g/mol. The van der Waals surface area contributed by atoms with Gasteiger partial charge >= 0.3 is 0 Å². The number of nitro groups is 1. The Morgan fingerprint density at radius 3 is 2.35 bits per heavy atom. The highest BCUT2D eigenvalue weighted by Crippen LogP contribution is 2.48. The predicted molar refractivity (Wildman–Crippen MR) is 96.3 cm³/mol. The topological polar surface area (TPSA) is 43.1 Å². The molecule has 0 spiro atoms. The number of thioether (sulfide) groups is 1. The first kappa shape index (κ1) is 16.1. The van der Waals surface area contributed by atoms with Gasteiger partial charge in [0.1, 0.15) is 5.25 Å². The Balaban J connectivity index is 2.02. The zero-order valence-corrected chi connectivity index (χ0v) is 14.1. The molecule has 3 rings (SSSR count). The molecule has 3 nitrogen and oxygen atoms in total. The van der Waals surface area contributed by atoms with Crippen molar-refractivity contribution in [1.29, 1.82) is 0 Å². The lowest BCUT2D eigenvalue weighted by atomic mass is 10.1. The van der Waals surface area contributed by atoms with Gasteiger partial charge in [-0.05, 0) is 35.4 Å². The summed E-state index contributed by atoms with van der Waals surface area (Å²) >= 11 is 13.6. The van der Waals surface area contributed by atoms with E-state index in [0.717, 1.165) is 16.0 Å². The highest BCUT2D eigenvalue weighted by Gasteiger charge is 2.32. The minimum absolute atomic E-state index is 0.126. The van der Waals surface area contributed by atoms with Crippen molar-refractivity contribution in [3.8, 4) is 0 Å². The summed E-state index contributed by atoms with van der Waals surface area (Å²) in [5.74, 6) is 0. The third-order valence-electron chi connectivity index (χ3n) is 3.45. The highest BCUT2D eigenvalue weighted by molar-refractivity contribution is 8.08. The fourth-order valence-corrected chi connectivity index (χ4v) is 4.05. The molecule has 116 valence electrons. The van der Waals surface area contributed by atoms with Crippen LogP contribution in [0.5, 0.6) is 0 Å². The van der Waals surface area contributed by atoms with Gasteiger partial charge in [-0.1, -0.05) is 53.5 Å². The average molecular weight is 364 g/mol. The van der Waals surface area contributed by atoms with Crippen molar-refractivity contribution in [1.82, 2.24) is 0 Å². The van der Waals surface area contributed by atoms with Crippen LogP contribution >= 0.6 is 35.0 Å². The van der Waals surface area contributed by atoms with Crippen LogP contribution in [-0.4, -0.2) is 4.92 Å². The van der Waals surface area contributed by atoms with E-state index in [4.69, 9.17) is 23.2 Å². The van der Waals surface area contributed by atoms with Crippen LogP contribution in [-0.2, 0) is 0 Å². The number of hydrogen-bond donors (Lipinski definition) is 0. The second-order valence-electron chi connectivity index (χ2n) is 4.91. The summed E-state index contributed by atoms with van der Waals surface area (Å²) in [6, 6.07) is 14.6. The van der Waals surface area contributed by atoms with Crippen LogP contribution in [0.15, 0.2) is 66.4 Å². The largest absolute Gasteiger partial charge is 0.263 e. The average Bonchev–Trinajstić information content (AvgIpc) is 2.55. The van der Waals surface area contributed by atoms with Gasteiger partial charge in [-0.15, -0.1) is 11.8 Å². The summed E-state index contributed by atoms with van der Waals surface area (Å²) in [6.45, 7) is 0. The zero-order chi connectivity index (χ0) is 16.4. The van der Waals surface area contributed by atoms with E-state index in [9.17, 15) is 10.1 Å². The van der Waals surface area contributed by atoms with Crippen LogP contribution < -0.4 is 0 Å². The Morgan fingerprint density at radius 2 is 1.70 bits per heavy atom. The van der Waals surface area contributed by atoms with Crippen LogP contribution in [0, 0.1) is 10.1 Å². The van der Waals surface area contributed by atoms with E-state index in [1.807, 2.05) is 30.3 Å². The van der Waals surface area contributed by atoms with Gasteiger partial charge in [0.15, 0.2) is 0 Å². The molecule has 6 heteroatoms. The minimum Gasteiger partial charge on any atom is -0.259 e. The molecule has 2 aromatic rings. The fraction of sp³-hybridized carbons (Fsp3) is 0.0588. The SMILES string of the molecule is O=[N+]([O-])C1=CC=C(c2ccc(Cl)cc2)SC1c1ccccc1Cl. The first-order chi connectivity index (χ1) is 11.1. The lowest BCUT2D eigenvalue weighted by Gasteiger charge is -2.20. The Kier molecular flexibility index (Phi) is 4.76. The summed E-state index contributed by atoms with van der Waals surface area (Å²) in [5.41, 5.74) is 1.83. The maximum absolute atomic E-state index is 11.4. The normalized spacial score (nSPS) is 17.4. The molecule has 0 saturated carbocycles. The highest BCUT2D eigenvalue weighted by atomic mass is 35.5. The molecule has 23 heavy (non-hydrogen) atoms. The van der Waals surface area contributed by atoms with Gasteiger partial charge in [0.2, 0.25) is 0 Å². The van der Waals surface area contributed by atoms with Crippen LogP contribution in [0.25, 0.3) is 4.91 Å². The molecule has 0 fully saturated rings. The molecule has 0 aromatic heterocycles. The predicted octanol–water partition coefficient (Wildman–Crippen LogP) is 5.98. The molecule has 0 amide bonds. The van der Waals surface area contributed by atoms with E-state index >= 15 is 0 Å². The Bertz CT molecular complexity index is 816. The number of halogens is 2. The van der Waals surface area contributed by atoms with Crippen molar-refractivity contribution < 1.29 is 4.92 Å². The molecule has 0 radical (unpaired) electrons. The molecule has 0 N–H and O–H groups in total. The van der Waals surface area contributed by atoms with Gasteiger partial charge in [0.25, 0.3) is 5.70 Å². The molecule has 2 aromatic carbocycles. The first-order valence-corrected chi connectivity index (χ1v) is 8.43. The number of hydrogen-bond acceptors (Lipinski definition) is 3. The third-order valence-corrected chi connectivity index (χ3v) is 5.40. The molecule has 1 aliphatic heterocycles. The maximum Gasteiger partial charge on any atom is 0.263 e. The van der Waals surface area contributed by atoms with Crippen LogP contribution in [0.2, 0.25) is 10.0 Å². The van der Waals surface area contributed by atoms with Gasteiger partial charge in [-0.3, -0.25) is 10.1 Å². The van der Waals surface area contributed by atoms with E-state index in [1.165, 1.54) is 11.8 Å². The van der Waals surface area contributed by atoms with Crippen molar-refractivity contribution in [2.75, 3.05) is 0 Å². The minimum atomic E-state index is -0.450. The van der Waals surface area contributed by atoms with Crippen molar-refractivity contribution in [3.05, 3.63) is 97.7 Å². The van der Waals surface area contributed by atoms with Crippen LogP contribution in [0.1, 0.15) is 16.4 Å². The standard InChI is InChI=1S/C17H11Cl2NO2S/c18-12-7-5-11(6-8-12)16-10-9-15(20(21)22)17(23-16)13-3-1-2-4-14(13)19/h1-10,17H. The number of allylic oxidation sites excluding steroid dienone is 2. The molecular weight excluding hydrogens is 353 g/mol. The molecule has 0 aliphatic carbocycles. The van der Waals surface area contributed by atoms with Crippen LogP contribution in [0.4, 0.5) is 0 Å². The van der Waals surface area contributed by atoms with Gasteiger partial charge in [0.05, 0.1) is 4.92 Å². The van der Waals surface area contributed by atoms with E-state index in [2.05, 4.69) is 0 Å². The Morgan fingerprint density at radius 1 is 1.00 bits per heavy atom. The molecular formula is C17H11Cl2NO2S. The van der Waals surface area contributed by atoms with Gasteiger partial charge in [0, 0.05) is 21.0 Å². The maximum atomic E-state index is 11.4. The summed E-state index contributed by atoms with van der Waals surface area (Å²) in [4.78, 5) is 12.0. The van der Waals surface area contributed by atoms with Crippen LogP contribution in [0.3, 0.4) is 0 Å². The van der Waals surface area contributed by atoms with E-state index in [1.54, 1.807) is 30.4 Å². The van der Waals surface area contributed by atoms with Crippen molar-refractivity contribution in [2.24, 2.45) is 0 Å². The lowest BCUT2D eigenvalue weighted by Crippen LogP contribution is -2.10. The fourth-order valence-electron chi connectivity index (χ4n) is 2.32. The molecule has 1 heterocycles. The molecule has 1 aliphatic rings. The summed E-state index contributed by atoms with van der Waals surface area (Å²) in [7, 11) is 0. The van der Waals surface area contributed by atoms with Crippen molar-refractivity contribution in [3.63, 3.8) is 0 Å². The van der Waals surface area contributed by atoms with Gasteiger partial charge < -0.3 is 0 Å². The van der Waals surface area contributed by atoms with Crippen molar-refractivity contribution >= 4 is 39.9 Å². The zero-order valence-electron chi connectivity index (χ0n) is 11.8. The first-order valence-electron chi connectivity index (χ1n) is 6.79. The van der Waals surface area contributed by atoms with Gasteiger partial charge in [-0.2, -0.15) is 0 Å². The summed E-state index contributed by atoms with van der Waals surface area (Å²) < 4.78 is 0. The molecule has 0 saturated heterocycles. The van der Waals surface area contributed by atoms with Gasteiger partial charge in [-0.25, -0.2) is 0 Å². The summed E-state index contributed by atoms with van der Waals surface area (Å²) in [5, 5.41) is 12.1. The molecule has 1 unspecified atom stereocenters. The van der Waals surface area contributed by atoms with E-state index in [0.29, 0.717) is 10.0 Å². The lowest BCUT2D eigenvalue weighted by molar-refractivity contribution is -0.427. The van der Waals surface area contributed by atoms with E-state index in [-0.39, 0.29) is 10.6 Å². The Hall–Kier alpha value is -1.75. The number of benzene rings is 2.